The number of anilines is 1. The largest absolute Gasteiger partial charge is 0.497 e. The molecule has 22 heavy (non-hydrogen) atoms. The molecule has 0 amide bonds. The van der Waals surface area contributed by atoms with Gasteiger partial charge in [-0.1, -0.05) is 13.3 Å². The third-order valence-electron chi connectivity index (χ3n) is 4.41. The lowest BCUT2D eigenvalue weighted by atomic mass is 9.85. The van der Waals surface area contributed by atoms with Crippen LogP contribution in [0.1, 0.15) is 39.0 Å². The van der Waals surface area contributed by atoms with Crippen molar-refractivity contribution in [3.05, 3.63) is 18.2 Å². The molecule has 2 N–H and O–H groups in total. The van der Waals surface area contributed by atoms with Crippen LogP contribution in [0.25, 0.3) is 0 Å². The quantitative estimate of drug-likeness (QED) is 0.803. The maximum atomic E-state index is 5.44. The van der Waals surface area contributed by atoms with Crippen LogP contribution in [0.5, 0.6) is 11.5 Å². The molecule has 1 aliphatic rings. The SMILES string of the molecule is CCC1CCC(NC(=S)Nc2cc(OC)ccc2OC)CC1. The first kappa shape index (κ1) is 16.9. The van der Waals surface area contributed by atoms with Crippen LogP contribution in [0.4, 0.5) is 5.69 Å². The zero-order valence-corrected chi connectivity index (χ0v) is 14.5. The van der Waals surface area contributed by atoms with Crippen molar-refractivity contribution < 1.29 is 9.47 Å². The normalized spacial score (nSPS) is 21.0. The Morgan fingerprint density at radius 2 is 1.91 bits per heavy atom. The number of ether oxygens (including phenoxy) is 2. The summed E-state index contributed by atoms with van der Waals surface area (Å²) in [4.78, 5) is 0. The molecule has 1 aromatic carbocycles. The summed E-state index contributed by atoms with van der Waals surface area (Å²) in [6, 6.07) is 6.10. The molecule has 0 aromatic heterocycles. The van der Waals surface area contributed by atoms with Crippen molar-refractivity contribution in [3.8, 4) is 11.5 Å². The van der Waals surface area contributed by atoms with Crippen molar-refractivity contribution in [1.82, 2.24) is 5.32 Å². The summed E-state index contributed by atoms with van der Waals surface area (Å²) in [5.41, 5.74) is 0.821. The summed E-state index contributed by atoms with van der Waals surface area (Å²) in [6.07, 6.45) is 6.25. The van der Waals surface area contributed by atoms with Gasteiger partial charge < -0.3 is 20.1 Å². The molecule has 1 saturated carbocycles. The third kappa shape index (κ3) is 4.50. The van der Waals surface area contributed by atoms with E-state index in [-0.39, 0.29) is 0 Å². The van der Waals surface area contributed by atoms with Crippen molar-refractivity contribution >= 4 is 23.0 Å². The highest BCUT2D eigenvalue weighted by Crippen LogP contribution is 2.29. The van der Waals surface area contributed by atoms with Crippen LogP contribution < -0.4 is 20.1 Å². The summed E-state index contributed by atoms with van der Waals surface area (Å²) in [6.45, 7) is 2.28. The summed E-state index contributed by atoms with van der Waals surface area (Å²) in [5, 5.41) is 7.29. The minimum absolute atomic E-state index is 0.472. The lowest BCUT2D eigenvalue weighted by molar-refractivity contribution is 0.306. The standard InChI is InChI=1S/C17H26N2O2S/c1-4-12-5-7-13(8-6-12)18-17(22)19-15-11-14(20-2)9-10-16(15)21-3/h9-13H,4-8H2,1-3H3,(H2,18,19,22). The van der Waals surface area contributed by atoms with Gasteiger partial charge in [-0.3, -0.25) is 0 Å². The number of thiocarbonyl (C=S) groups is 1. The maximum Gasteiger partial charge on any atom is 0.171 e. The van der Waals surface area contributed by atoms with Crippen LogP contribution in [0.3, 0.4) is 0 Å². The highest BCUT2D eigenvalue weighted by atomic mass is 32.1. The number of hydrogen-bond donors (Lipinski definition) is 2. The molecule has 0 atom stereocenters. The van der Waals surface area contributed by atoms with Crippen LogP contribution in [0, 0.1) is 5.92 Å². The fourth-order valence-electron chi connectivity index (χ4n) is 2.97. The number of benzene rings is 1. The van der Waals surface area contributed by atoms with Gasteiger partial charge in [0, 0.05) is 12.1 Å². The van der Waals surface area contributed by atoms with E-state index in [1.807, 2.05) is 18.2 Å². The van der Waals surface area contributed by atoms with Crippen molar-refractivity contribution in [2.75, 3.05) is 19.5 Å². The van der Waals surface area contributed by atoms with Gasteiger partial charge in [-0.05, 0) is 56.0 Å². The van der Waals surface area contributed by atoms with E-state index >= 15 is 0 Å². The molecule has 122 valence electrons. The number of nitrogens with one attached hydrogen (secondary N) is 2. The lowest BCUT2D eigenvalue weighted by Crippen LogP contribution is -2.40. The van der Waals surface area contributed by atoms with E-state index in [1.54, 1.807) is 14.2 Å². The van der Waals surface area contributed by atoms with Gasteiger partial charge in [0.2, 0.25) is 0 Å². The van der Waals surface area contributed by atoms with Gasteiger partial charge in [-0.2, -0.15) is 0 Å². The molecule has 0 spiro atoms. The number of hydrogen-bond acceptors (Lipinski definition) is 3. The molecule has 0 bridgehead atoms. The zero-order valence-electron chi connectivity index (χ0n) is 13.6. The van der Waals surface area contributed by atoms with Crippen LogP contribution in [0.15, 0.2) is 18.2 Å². The molecular weight excluding hydrogens is 296 g/mol. The Bertz CT molecular complexity index is 499. The van der Waals surface area contributed by atoms with Gasteiger partial charge in [0.05, 0.1) is 19.9 Å². The molecule has 0 heterocycles. The molecule has 0 unspecified atom stereocenters. The Balaban J connectivity index is 1.92. The van der Waals surface area contributed by atoms with E-state index in [0.717, 1.165) is 23.1 Å². The third-order valence-corrected chi connectivity index (χ3v) is 4.63. The van der Waals surface area contributed by atoms with Crippen LogP contribution in [0.2, 0.25) is 0 Å². The fraction of sp³-hybridized carbons (Fsp3) is 0.588. The predicted octanol–water partition coefficient (Wildman–Crippen LogP) is 3.96. The Hall–Kier alpha value is -1.49. The summed E-state index contributed by atoms with van der Waals surface area (Å²) in [7, 11) is 3.30. The van der Waals surface area contributed by atoms with Crippen molar-refractivity contribution in [2.24, 2.45) is 5.92 Å². The number of rotatable bonds is 5. The Labute approximate surface area is 138 Å². The van der Waals surface area contributed by atoms with Gasteiger partial charge in [0.15, 0.2) is 5.11 Å². The highest BCUT2D eigenvalue weighted by Gasteiger charge is 2.20. The van der Waals surface area contributed by atoms with Gasteiger partial charge in [0.1, 0.15) is 11.5 Å². The van der Waals surface area contributed by atoms with Gasteiger partial charge in [0.25, 0.3) is 0 Å². The molecule has 4 nitrogen and oxygen atoms in total. The molecule has 0 saturated heterocycles. The fourth-order valence-corrected chi connectivity index (χ4v) is 3.25. The van der Waals surface area contributed by atoms with Gasteiger partial charge in [-0.25, -0.2) is 0 Å². The molecule has 2 rings (SSSR count). The Morgan fingerprint density at radius 1 is 1.18 bits per heavy atom. The molecule has 0 aliphatic heterocycles. The minimum Gasteiger partial charge on any atom is -0.497 e. The van der Waals surface area contributed by atoms with Crippen LogP contribution >= 0.6 is 12.2 Å². The smallest absolute Gasteiger partial charge is 0.171 e. The maximum absolute atomic E-state index is 5.44. The average molecular weight is 322 g/mol. The number of methoxy groups -OCH3 is 2. The lowest BCUT2D eigenvalue weighted by Gasteiger charge is -2.29. The summed E-state index contributed by atoms with van der Waals surface area (Å²) in [5.74, 6) is 2.41. The van der Waals surface area contributed by atoms with E-state index in [4.69, 9.17) is 21.7 Å². The monoisotopic (exact) mass is 322 g/mol. The molecule has 1 aromatic rings. The molecule has 0 radical (unpaired) electrons. The van der Waals surface area contributed by atoms with E-state index in [2.05, 4.69) is 17.6 Å². The van der Waals surface area contributed by atoms with E-state index < -0.39 is 0 Å². The molecular formula is C17H26N2O2S. The predicted molar refractivity (Wildman–Crippen MR) is 94.9 cm³/mol. The van der Waals surface area contributed by atoms with Gasteiger partial charge in [-0.15, -0.1) is 0 Å². The van der Waals surface area contributed by atoms with E-state index in [9.17, 15) is 0 Å². The first-order chi connectivity index (χ1) is 10.7. The average Bonchev–Trinajstić information content (AvgIpc) is 2.55. The molecule has 1 aliphatic carbocycles. The zero-order chi connectivity index (χ0) is 15.9. The van der Waals surface area contributed by atoms with Crippen molar-refractivity contribution in [3.63, 3.8) is 0 Å². The second kappa shape index (κ2) is 8.22. The van der Waals surface area contributed by atoms with Crippen molar-refractivity contribution in [1.29, 1.82) is 0 Å². The van der Waals surface area contributed by atoms with Crippen LogP contribution in [-0.2, 0) is 0 Å². The summed E-state index contributed by atoms with van der Waals surface area (Å²) < 4.78 is 10.6. The topological polar surface area (TPSA) is 42.5 Å². The van der Waals surface area contributed by atoms with E-state index in [0.29, 0.717) is 11.2 Å². The van der Waals surface area contributed by atoms with Crippen molar-refractivity contribution in [2.45, 2.75) is 45.1 Å². The Morgan fingerprint density at radius 3 is 2.50 bits per heavy atom. The van der Waals surface area contributed by atoms with E-state index in [1.165, 1.54) is 32.1 Å². The molecule has 5 heteroatoms. The summed E-state index contributed by atoms with van der Waals surface area (Å²) >= 11 is 5.44. The second-order valence-corrected chi connectivity index (χ2v) is 6.20. The second-order valence-electron chi connectivity index (χ2n) is 5.79. The minimum atomic E-state index is 0.472. The highest BCUT2D eigenvalue weighted by molar-refractivity contribution is 7.80. The molecule has 1 fully saturated rings. The van der Waals surface area contributed by atoms with Gasteiger partial charge >= 0.3 is 0 Å². The van der Waals surface area contributed by atoms with Crippen LogP contribution in [-0.4, -0.2) is 25.4 Å². The first-order valence-corrected chi connectivity index (χ1v) is 8.36. The Kier molecular flexibility index (Phi) is 6.31. The first-order valence-electron chi connectivity index (χ1n) is 7.95.